The quantitative estimate of drug-likeness (QED) is 0.778. The molecule has 1 N–H and O–H groups in total. The molecule has 2 aromatic heterocycles. The number of rotatable bonds is 4. The van der Waals surface area contributed by atoms with Gasteiger partial charge in [0.1, 0.15) is 28.7 Å². The largest absolute Gasteiger partial charge is 0.465 e. The summed E-state index contributed by atoms with van der Waals surface area (Å²) in [5, 5.41) is 4.10. The summed E-state index contributed by atoms with van der Waals surface area (Å²) in [4.78, 5) is 0. The average molecular weight is 273 g/mol. The predicted molar refractivity (Wildman–Crippen MR) is 74.9 cm³/mol. The van der Waals surface area contributed by atoms with Crippen LogP contribution in [0.2, 0.25) is 0 Å². The maximum atomic E-state index is 13.2. The van der Waals surface area contributed by atoms with Gasteiger partial charge in [0, 0.05) is 5.39 Å². The van der Waals surface area contributed by atoms with Crippen molar-refractivity contribution >= 4 is 11.0 Å². The van der Waals surface area contributed by atoms with E-state index in [2.05, 4.69) is 5.32 Å². The minimum Gasteiger partial charge on any atom is -0.465 e. The molecule has 3 rings (SSSR count). The van der Waals surface area contributed by atoms with Crippen molar-refractivity contribution in [2.75, 3.05) is 0 Å². The highest BCUT2D eigenvalue weighted by Gasteiger charge is 2.11. The van der Waals surface area contributed by atoms with E-state index in [1.165, 1.54) is 12.1 Å². The maximum Gasteiger partial charge on any atom is 0.134 e. The molecule has 0 aliphatic heterocycles. The van der Waals surface area contributed by atoms with Crippen LogP contribution in [0.1, 0.15) is 22.8 Å². The van der Waals surface area contributed by atoms with Gasteiger partial charge >= 0.3 is 0 Å². The zero-order valence-corrected chi connectivity index (χ0v) is 11.5. The lowest BCUT2D eigenvalue weighted by molar-refractivity contribution is 0.446. The molecule has 0 saturated carbocycles. The third-order valence-corrected chi connectivity index (χ3v) is 3.38. The number of hydrogen-bond donors (Lipinski definition) is 1. The van der Waals surface area contributed by atoms with Crippen LogP contribution in [-0.2, 0) is 13.1 Å². The lowest BCUT2D eigenvalue weighted by atomic mass is 10.1. The van der Waals surface area contributed by atoms with E-state index in [0.29, 0.717) is 13.1 Å². The Morgan fingerprint density at radius 2 is 1.90 bits per heavy atom. The first kappa shape index (κ1) is 12.9. The van der Waals surface area contributed by atoms with Crippen LogP contribution in [0, 0.1) is 19.7 Å². The highest BCUT2D eigenvalue weighted by molar-refractivity contribution is 5.82. The molecule has 0 atom stereocenters. The van der Waals surface area contributed by atoms with Gasteiger partial charge in [-0.25, -0.2) is 4.39 Å². The van der Waals surface area contributed by atoms with Crippen molar-refractivity contribution in [2.24, 2.45) is 0 Å². The van der Waals surface area contributed by atoms with Crippen molar-refractivity contribution < 1.29 is 13.2 Å². The molecule has 0 aliphatic carbocycles. The predicted octanol–water partition coefficient (Wildman–Crippen LogP) is 4.07. The molecule has 1 aromatic carbocycles. The highest BCUT2D eigenvalue weighted by atomic mass is 19.1. The van der Waals surface area contributed by atoms with Gasteiger partial charge in [-0.15, -0.1) is 0 Å². The second-order valence-electron chi connectivity index (χ2n) is 4.91. The lowest BCUT2D eigenvalue weighted by Crippen LogP contribution is -2.12. The van der Waals surface area contributed by atoms with Crippen molar-refractivity contribution in [2.45, 2.75) is 26.9 Å². The Morgan fingerprint density at radius 1 is 1.05 bits per heavy atom. The third kappa shape index (κ3) is 2.47. The smallest absolute Gasteiger partial charge is 0.134 e. The third-order valence-electron chi connectivity index (χ3n) is 3.38. The Bertz CT molecular complexity index is 742. The van der Waals surface area contributed by atoms with Gasteiger partial charge in [0.25, 0.3) is 0 Å². The molecule has 0 fully saturated rings. The van der Waals surface area contributed by atoms with Crippen LogP contribution in [0.4, 0.5) is 4.39 Å². The van der Waals surface area contributed by atoms with Crippen LogP contribution in [-0.4, -0.2) is 0 Å². The van der Waals surface area contributed by atoms with Crippen molar-refractivity contribution in [3.8, 4) is 0 Å². The Kier molecular flexibility index (Phi) is 3.32. The first-order chi connectivity index (χ1) is 9.63. The molecule has 0 spiro atoms. The first-order valence-corrected chi connectivity index (χ1v) is 6.57. The van der Waals surface area contributed by atoms with E-state index in [-0.39, 0.29) is 5.82 Å². The second kappa shape index (κ2) is 5.13. The number of hydrogen-bond acceptors (Lipinski definition) is 3. The number of aryl methyl sites for hydroxylation is 2. The fourth-order valence-electron chi connectivity index (χ4n) is 2.29. The highest BCUT2D eigenvalue weighted by Crippen LogP contribution is 2.25. The number of nitrogens with one attached hydrogen (secondary N) is 1. The Morgan fingerprint density at radius 3 is 2.65 bits per heavy atom. The molecular weight excluding hydrogens is 257 g/mol. The van der Waals surface area contributed by atoms with Gasteiger partial charge in [-0.2, -0.15) is 0 Å². The van der Waals surface area contributed by atoms with Crippen molar-refractivity contribution in [3.05, 3.63) is 59.0 Å². The van der Waals surface area contributed by atoms with E-state index in [4.69, 9.17) is 8.83 Å². The molecule has 0 bridgehead atoms. The van der Waals surface area contributed by atoms with E-state index < -0.39 is 0 Å². The SMILES string of the molecule is Cc1ccc(CNCc2oc3ccc(F)cc3c2C)o1. The molecule has 0 radical (unpaired) electrons. The average Bonchev–Trinajstić information content (AvgIpc) is 2.96. The van der Waals surface area contributed by atoms with Gasteiger partial charge in [-0.05, 0) is 49.7 Å². The van der Waals surface area contributed by atoms with Gasteiger partial charge in [0.2, 0.25) is 0 Å². The maximum absolute atomic E-state index is 13.2. The number of halogens is 1. The molecule has 4 heteroatoms. The summed E-state index contributed by atoms with van der Waals surface area (Å²) >= 11 is 0. The van der Waals surface area contributed by atoms with Gasteiger partial charge in [0.05, 0.1) is 13.1 Å². The van der Waals surface area contributed by atoms with Gasteiger partial charge < -0.3 is 14.2 Å². The molecule has 0 unspecified atom stereocenters. The molecule has 0 saturated heterocycles. The van der Waals surface area contributed by atoms with Crippen molar-refractivity contribution in [1.29, 1.82) is 0 Å². The van der Waals surface area contributed by atoms with E-state index >= 15 is 0 Å². The monoisotopic (exact) mass is 273 g/mol. The van der Waals surface area contributed by atoms with Crippen molar-refractivity contribution in [1.82, 2.24) is 5.32 Å². The summed E-state index contributed by atoms with van der Waals surface area (Å²) in [5.41, 5.74) is 1.69. The van der Waals surface area contributed by atoms with E-state index in [1.807, 2.05) is 26.0 Å². The van der Waals surface area contributed by atoms with Crippen LogP contribution in [0.3, 0.4) is 0 Å². The van der Waals surface area contributed by atoms with E-state index in [0.717, 1.165) is 33.8 Å². The molecule has 104 valence electrons. The number of benzene rings is 1. The molecule has 0 amide bonds. The Labute approximate surface area is 116 Å². The summed E-state index contributed by atoms with van der Waals surface area (Å²) < 4.78 is 24.5. The van der Waals surface area contributed by atoms with Crippen molar-refractivity contribution in [3.63, 3.8) is 0 Å². The number of fused-ring (bicyclic) bond motifs is 1. The Hall–Kier alpha value is -2.07. The van der Waals surface area contributed by atoms with E-state index in [1.54, 1.807) is 6.07 Å². The van der Waals surface area contributed by atoms with E-state index in [9.17, 15) is 4.39 Å². The van der Waals surface area contributed by atoms with Gasteiger partial charge in [0.15, 0.2) is 0 Å². The molecule has 2 heterocycles. The molecule has 20 heavy (non-hydrogen) atoms. The van der Waals surface area contributed by atoms with Gasteiger partial charge in [-0.3, -0.25) is 0 Å². The minimum atomic E-state index is -0.244. The topological polar surface area (TPSA) is 38.3 Å². The number of furan rings is 2. The van der Waals surface area contributed by atoms with Crippen LogP contribution in [0.25, 0.3) is 11.0 Å². The van der Waals surface area contributed by atoms with Crippen LogP contribution in [0.5, 0.6) is 0 Å². The molecule has 3 nitrogen and oxygen atoms in total. The summed E-state index contributed by atoms with van der Waals surface area (Å²) in [6.07, 6.45) is 0. The normalized spacial score (nSPS) is 11.3. The standard InChI is InChI=1S/C16H16FNO2/c1-10-3-5-13(19-10)8-18-9-16-11(2)14-7-12(17)4-6-15(14)20-16/h3-7,18H,8-9H2,1-2H3. The first-order valence-electron chi connectivity index (χ1n) is 6.57. The summed E-state index contributed by atoms with van der Waals surface area (Å²) in [6, 6.07) is 8.47. The fourth-order valence-corrected chi connectivity index (χ4v) is 2.29. The van der Waals surface area contributed by atoms with Crippen LogP contribution in [0.15, 0.2) is 39.2 Å². The second-order valence-corrected chi connectivity index (χ2v) is 4.91. The van der Waals surface area contributed by atoms with Crippen LogP contribution >= 0.6 is 0 Å². The fraction of sp³-hybridized carbons (Fsp3) is 0.250. The Balaban J connectivity index is 1.72. The summed E-state index contributed by atoms with van der Waals surface area (Å²) in [5.74, 6) is 2.38. The minimum absolute atomic E-state index is 0.244. The molecule has 0 aliphatic rings. The lowest BCUT2D eigenvalue weighted by Gasteiger charge is -2.01. The summed E-state index contributed by atoms with van der Waals surface area (Å²) in [6.45, 7) is 5.08. The summed E-state index contributed by atoms with van der Waals surface area (Å²) in [7, 11) is 0. The molecular formula is C16H16FNO2. The van der Waals surface area contributed by atoms with Crippen LogP contribution < -0.4 is 5.32 Å². The zero-order chi connectivity index (χ0) is 14.1. The zero-order valence-electron chi connectivity index (χ0n) is 11.5. The molecule has 3 aromatic rings. The van der Waals surface area contributed by atoms with Gasteiger partial charge in [-0.1, -0.05) is 0 Å².